The SMILES string of the molecule is CC1(C)COC(c2ccccc2/C=C/c2ccccc2)=N1. The van der Waals surface area contributed by atoms with Crippen LogP contribution in [0.2, 0.25) is 0 Å². The van der Waals surface area contributed by atoms with Gasteiger partial charge in [0.1, 0.15) is 6.61 Å². The van der Waals surface area contributed by atoms with Gasteiger partial charge in [-0.1, -0.05) is 60.7 Å². The molecule has 2 aromatic rings. The van der Waals surface area contributed by atoms with Crippen LogP contribution in [0.1, 0.15) is 30.5 Å². The van der Waals surface area contributed by atoms with E-state index in [0.29, 0.717) is 6.61 Å². The first-order valence-electron chi connectivity index (χ1n) is 7.19. The minimum atomic E-state index is -0.133. The Bertz CT molecular complexity index is 684. The molecule has 1 aliphatic heterocycles. The quantitative estimate of drug-likeness (QED) is 0.761. The van der Waals surface area contributed by atoms with E-state index in [2.05, 4.69) is 55.3 Å². The maximum atomic E-state index is 5.76. The Morgan fingerprint density at radius 3 is 2.38 bits per heavy atom. The Kier molecular flexibility index (Phi) is 3.61. The van der Waals surface area contributed by atoms with Gasteiger partial charge in [-0.15, -0.1) is 0 Å². The largest absolute Gasteiger partial charge is 0.475 e. The molecule has 106 valence electrons. The van der Waals surface area contributed by atoms with Crippen LogP contribution in [0.25, 0.3) is 12.2 Å². The summed E-state index contributed by atoms with van der Waals surface area (Å²) in [5.74, 6) is 0.744. The van der Waals surface area contributed by atoms with Crippen molar-refractivity contribution in [2.45, 2.75) is 19.4 Å². The van der Waals surface area contributed by atoms with Crippen LogP contribution in [0.4, 0.5) is 0 Å². The van der Waals surface area contributed by atoms with Gasteiger partial charge in [0.05, 0.1) is 5.54 Å². The molecular formula is C19H19NO. The second-order valence-electron chi connectivity index (χ2n) is 5.85. The number of rotatable bonds is 3. The monoisotopic (exact) mass is 277 g/mol. The van der Waals surface area contributed by atoms with Crippen molar-refractivity contribution in [3.05, 3.63) is 71.3 Å². The average Bonchev–Trinajstić information content (AvgIpc) is 2.86. The van der Waals surface area contributed by atoms with E-state index in [-0.39, 0.29) is 5.54 Å². The van der Waals surface area contributed by atoms with Crippen molar-refractivity contribution in [2.75, 3.05) is 6.61 Å². The zero-order valence-electron chi connectivity index (χ0n) is 12.4. The normalized spacial score (nSPS) is 16.8. The first-order valence-corrected chi connectivity index (χ1v) is 7.19. The standard InChI is InChI=1S/C19H19NO/c1-19(2)14-21-18(20-19)17-11-7-6-10-16(17)13-12-15-8-4-3-5-9-15/h3-13H,14H2,1-2H3/b13-12+. The molecule has 1 heterocycles. The minimum absolute atomic E-state index is 0.133. The summed E-state index contributed by atoms with van der Waals surface area (Å²) >= 11 is 0. The molecule has 0 aliphatic carbocycles. The van der Waals surface area contributed by atoms with Crippen LogP contribution in [0.15, 0.2) is 59.6 Å². The van der Waals surface area contributed by atoms with E-state index in [1.807, 2.05) is 30.3 Å². The highest BCUT2D eigenvalue weighted by atomic mass is 16.5. The second kappa shape index (κ2) is 5.57. The molecule has 0 radical (unpaired) electrons. The van der Waals surface area contributed by atoms with Gasteiger partial charge in [0.25, 0.3) is 0 Å². The van der Waals surface area contributed by atoms with Gasteiger partial charge >= 0.3 is 0 Å². The van der Waals surface area contributed by atoms with E-state index in [0.717, 1.165) is 17.0 Å². The first kappa shape index (κ1) is 13.6. The van der Waals surface area contributed by atoms with Crippen LogP contribution < -0.4 is 0 Å². The highest BCUT2D eigenvalue weighted by molar-refractivity contribution is 5.99. The van der Waals surface area contributed by atoms with Crippen molar-refractivity contribution in [3.63, 3.8) is 0 Å². The van der Waals surface area contributed by atoms with Crippen LogP contribution in [0.5, 0.6) is 0 Å². The van der Waals surface area contributed by atoms with E-state index in [4.69, 9.17) is 4.74 Å². The average molecular weight is 277 g/mol. The third kappa shape index (κ3) is 3.22. The molecule has 0 N–H and O–H groups in total. The fraction of sp³-hybridized carbons (Fsp3) is 0.211. The number of hydrogen-bond donors (Lipinski definition) is 0. The molecule has 0 saturated heterocycles. The van der Waals surface area contributed by atoms with Gasteiger partial charge in [-0.3, -0.25) is 0 Å². The van der Waals surface area contributed by atoms with Gasteiger partial charge in [-0.2, -0.15) is 0 Å². The van der Waals surface area contributed by atoms with E-state index in [1.54, 1.807) is 0 Å². The van der Waals surface area contributed by atoms with Gasteiger partial charge in [0, 0.05) is 5.56 Å². The molecule has 0 atom stereocenters. The van der Waals surface area contributed by atoms with E-state index in [1.165, 1.54) is 5.56 Å². The summed E-state index contributed by atoms with van der Waals surface area (Å²) in [7, 11) is 0. The Morgan fingerprint density at radius 1 is 0.952 bits per heavy atom. The summed E-state index contributed by atoms with van der Waals surface area (Å²) in [5, 5.41) is 0. The van der Waals surface area contributed by atoms with Gasteiger partial charge in [0.15, 0.2) is 0 Å². The molecule has 2 heteroatoms. The fourth-order valence-electron chi connectivity index (χ4n) is 2.31. The van der Waals surface area contributed by atoms with Gasteiger partial charge in [0.2, 0.25) is 5.90 Å². The van der Waals surface area contributed by atoms with Crippen molar-refractivity contribution in [1.82, 2.24) is 0 Å². The smallest absolute Gasteiger partial charge is 0.217 e. The summed E-state index contributed by atoms with van der Waals surface area (Å²) in [5.41, 5.74) is 3.22. The fourth-order valence-corrected chi connectivity index (χ4v) is 2.31. The Hall–Kier alpha value is -2.35. The lowest BCUT2D eigenvalue weighted by molar-refractivity contribution is 0.279. The maximum Gasteiger partial charge on any atom is 0.217 e. The van der Waals surface area contributed by atoms with Crippen molar-refractivity contribution in [1.29, 1.82) is 0 Å². The summed E-state index contributed by atoms with van der Waals surface area (Å²) in [6.45, 7) is 4.81. The van der Waals surface area contributed by atoms with Crippen molar-refractivity contribution < 1.29 is 4.74 Å². The lowest BCUT2D eigenvalue weighted by atomic mass is 10.1. The molecule has 0 aromatic heterocycles. The summed E-state index contributed by atoms with van der Waals surface area (Å²) in [6.07, 6.45) is 4.22. The Balaban J connectivity index is 1.92. The Morgan fingerprint density at radius 2 is 1.67 bits per heavy atom. The maximum absolute atomic E-state index is 5.76. The number of benzene rings is 2. The van der Waals surface area contributed by atoms with Gasteiger partial charge < -0.3 is 4.74 Å². The molecule has 0 spiro atoms. The third-order valence-electron chi connectivity index (χ3n) is 3.41. The molecule has 2 nitrogen and oxygen atoms in total. The second-order valence-corrected chi connectivity index (χ2v) is 5.85. The molecule has 0 saturated carbocycles. The van der Waals surface area contributed by atoms with Gasteiger partial charge in [-0.25, -0.2) is 4.99 Å². The lowest BCUT2D eigenvalue weighted by Gasteiger charge is -2.07. The van der Waals surface area contributed by atoms with Crippen LogP contribution in [0.3, 0.4) is 0 Å². The van der Waals surface area contributed by atoms with E-state index >= 15 is 0 Å². The van der Waals surface area contributed by atoms with Crippen LogP contribution in [-0.2, 0) is 4.74 Å². The zero-order valence-corrected chi connectivity index (χ0v) is 12.4. The molecule has 1 aliphatic rings. The van der Waals surface area contributed by atoms with Crippen molar-refractivity contribution >= 4 is 18.0 Å². The highest BCUT2D eigenvalue weighted by Crippen LogP contribution is 2.23. The minimum Gasteiger partial charge on any atom is -0.475 e. The number of ether oxygens (including phenoxy) is 1. The summed E-state index contributed by atoms with van der Waals surface area (Å²) < 4.78 is 5.76. The predicted molar refractivity (Wildman–Crippen MR) is 88.4 cm³/mol. The van der Waals surface area contributed by atoms with Crippen LogP contribution in [-0.4, -0.2) is 18.0 Å². The number of hydrogen-bond acceptors (Lipinski definition) is 2. The summed E-state index contributed by atoms with van der Waals surface area (Å²) in [4.78, 5) is 4.67. The molecule has 0 unspecified atom stereocenters. The number of nitrogens with zero attached hydrogens (tertiary/aromatic N) is 1. The zero-order chi connectivity index (χ0) is 14.7. The Labute approximate surface area is 125 Å². The molecule has 0 bridgehead atoms. The highest BCUT2D eigenvalue weighted by Gasteiger charge is 2.27. The van der Waals surface area contributed by atoms with E-state index < -0.39 is 0 Å². The molecule has 2 aromatic carbocycles. The summed E-state index contributed by atoms with van der Waals surface area (Å²) in [6, 6.07) is 18.5. The van der Waals surface area contributed by atoms with Crippen LogP contribution >= 0.6 is 0 Å². The molecule has 21 heavy (non-hydrogen) atoms. The first-order chi connectivity index (χ1) is 10.1. The molecular weight excluding hydrogens is 258 g/mol. The topological polar surface area (TPSA) is 21.6 Å². The third-order valence-corrected chi connectivity index (χ3v) is 3.41. The molecule has 0 fully saturated rings. The predicted octanol–water partition coefficient (Wildman–Crippen LogP) is 4.41. The number of aliphatic imine (C=N–C) groups is 1. The van der Waals surface area contributed by atoms with Gasteiger partial charge in [-0.05, 0) is 31.0 Å². The lowest BCUT2D eigenvalue weighted by Crippen LogP contribution is -2.17. The van der Waals surface area contributed by atoms with Crippen molar-refractivity contribution in [3.8, 4) is 0 Å². The molecule has 3 rings (SSSR count). The van der Waals surface area contributed by atoms with Crippen LogP contribution in [0, 0.1) is 0 Å². The van der Waals surface area contributed by atoms with Crippen molar-refractivity contribution in [2.24, 2.45) is 4.99 Å². The molecule has 0 amide bonds. The van der Waals surface area contributed by atoms with E-state index in [9.17, 15) is 0 Å².